The fourth-order valence-electron chi connectivity index (χ4n) is 0.465. The molecule has 0 aliphatic heterocycles. The van der Waals surface area contributed by atoms with Crippen molar-refractivity contribution in [3.05, 3.63) is 53.4 Å². The van der Waals surface area contributed by atoms with E-state index in [-0.39, 0.29) is 5.88 Å². The van der Waals surface area contributed by atoms with E-state index < -0.39 is 0 Å². The van der Waals surface area contributed by atoms with Crippen molar-refractivity contribution in [1.82, 2.24) is 0 Å². The number of hydrogen-bond acceptors (Lipinski definition) is 3. The summed E-state index contributed by atoms with van der Waals surface area (Å²) in [7, 11) is 0. The van der Waals surface area contributed by atoms with Gasteiger partial charge in [0.25, 0.3) is 0 Å². The van der Waals surface area contributed by atoms with Gasteiger partial charge in [-0.3, -0.25) is 0 Å². The largest absolute Gasteiger partial charge is 0.476 e. The summed E-state index contributed by atoms with van der Waals surface area (Å²) in [6.07, 6.45) is 0. The van der Waals surface area contributed by atoms with Crippen LogP contribution in [0.4, 0.5) is 0 Å². The fraction of sp³-hybridized carbons (Fsp3) is 0.167. The smallest absolute Gasteiger partial charge is 0.214 e. The summed E-state index contributed by atoms with van der Waals surface area (Å²) in [6, 6.07) is 0. The number of aliphatic imine (C=N–C) groups is 1. The Kier molecular flexibility index (Phi) is 8.18. The average Bonchev–Trinajstić information content (AvgIpc) is 2.25. The predicted molar refractivity (Wildman–Crippen MR) is 58.3 cm³/mol. The fourth-order valence-corrected chi connectivity index (χ4v) is 0.465. The SMILES string of the molecule is C=C=C=C=C=C=C=C=NC(=C)OCCN. The van der Waals surface area contributed by atoms with Gasteiger partial charge in [-0.25, -0.2) is 0 Å². The van der Waals surface area contributed by atoms with Crippen LogP contribution < -0.4 is 5.73 Å². The van der Waals surface area contributed by atoms with Crippen molar-refractivity contribution in [3.8, 4) is 0 Å². The second-order valence-electron chi connectivity index (χ2n) is 2.06. The molecule has 0 aromatic rings. The number of hydrogen-bond donors (Lipinski definition) is 1. The highest BCUT2D eigenvalue weighted by molar-refractivity contribution is 5.51. The summed E-state index contributed by atoms with van der Waals surface area (Å²) in [5.74, 6) is 2.63. The molecule has 2 N–H and O–H groups in total. The highest BCUT2D eigenvalue weighted by Gasteiger charge is 1.85. The van der Waals surface area contributed by atoms with Gasteiger partial charge in [0.1, 0.15) is 6.61 Å². The van der Waals surface area contributed by atoms with Crippen LogP contribution in [0.15, 0.2) is 58.4 Å². The molecule has 74 valence electrons. The lowest BCUT2D eigenvalue weighted by Crippen LogP contribution is -2.06. The average molecular weight is 198 g/mol. The van der Waals surface area contributed by atoms with Gasteiger partial charge >= 0.3 is 0 Å². The van der Waals surface area contributed by atoms with Gasteiger partial charge in [0.05, 0.1) is 5.87 Å². The zero-order valence-electron chi connectivity index (χ0n) is 8.26. The van der Waals surface area contributed by atoms with Crippen LogP contribution in [0.2, 0.25) is 0 Å². The maximum absolute atomic E-state index is 5.21. The second kappa shape index (κ2) is 9.72. The van der Waals surface area contributed by atoms with E-state index in [1.807, 2.05) is 0 Å². The quantitative estimate of drug-likeness (QED) is 0.419. The maximum atomic E-state index is 5.21. The molecule has 0 unspecified atom stereocenters. The molecule has 0 fully saturated rings. The first kappa shape index (κ1) is 12.6. The molecule has 0 spiro atoms. The summed E-state index contributed by atoms with van der Waals surface area (Å²) < 4.78 is 4.95. The maximum Gasteiger partial charge on any atom is 0.214 e. The van der Waals surface area contributed by atoms with E-state index in [0.29, 0.717) is 13.2 Å². The van der Waals surface area contributed by atoms with Crippen molar-refractivity contribution < 1.29 is 4.74 Å². The van der Waals surface area contributed by atoms with Gasteiger partial charge in [-0.1, -0.05) is 5.73 Å². The zero-order chi connectivity index (χ0) is 11.4. The van der Waals surface area contributed by atoms with Gasteiger partial charge in [0.2, 0.25) is 5.88 Å². The summed E-state index contributed by atoms with van der Waals surface area (Å²) in [5, 5.41) is 0. The Morgan fingerprint density at radius 2 is 1.87 bits per heavy atom. The first-order valence-corrected chi connectivity index (χ1v) is 4.06. The van der Waals surface area contributed by atoms with E-state index in [0.717, 1.165) is 0 Å². The predicted octanol–water partition coefficient (Wildman–Crippen LogP) is 1.22. The van der Waals surface area contributed by atoms with Crippen LogP contribution in [0, 0.1) is 0 Å². The number of ether oxygens (including phenoxy) is 1. The molecular formula is C12H10N2O. The van der Waals surface area contributed by atoms with Crippen LogP contribution in [0.1, 0.15) is 0 Å². The van der Waals surface area contributed by atoms with Crippen molar-refractivity contribution in [2.24, 2.45) is 10.7 Å². The zero-order valence-corrected chi connectivity index (χ0v) is 8.26. The Morgan fingerprint density at radius 3 is 2.53 bits per heavy atom. The van der Waals surface area contributed by atoms with Crippen LogP contribution in [-0.2, 0) is 4.74 Å². The Morgan fingerprint density at radius 1 is 1.20 bits per heavy atom. The monoisotopic (exact) mass is 198 g/mol. The van der Waals surface area contributed by atoms with E-state index in [4.69, 9.17) is 10.5 Å². The van der Waals surface area contributed by atoms with Crippen LogP contribution in [-0.4, -0.2) is 19.0 Å². The Labute approximate surface area is 88.6 Å². The summed E-state index contributed by atoms with van der Waals surface area (Å²) in [6.45, 7) is 7.57. The highest BCUT2D eigenvalue weighted by Crippen LogP contribution is 1.90. The number of nitrogens with two attached hydrogens (primary N) is 1. The molecule has 0 radical (unpaired) electrons. The molecule has 0 heterocycles. The van der Waals surface area contributed by atoms with Gasteiger partial charge < -0.3 is 10.5 Å². The molecule has 15 heavy (non-hydrogen) atoms. The van der Waals surface area contributed by atoms with E-state index in [2.05, 4.69) is 58.4 Å². The molecule has 0 rings (SSSR count). The second-order valence-corrected chi connectivity index (χ2v) is 2.06. The van der Waals surface area contributed by atoms with Gasteiger partial charge in [0.15, 0.2) is 0 Å². The molecule has 3 nitrogen and oxygen atoms in total. The van der Waals surface area contributed by atoms with Gasteiger partial charge in [-0.05, 0) is 24.6 Å². The number of nitrogens with zero attached hydrogens (tertiary/aromatic N) is 1. The van der Waals surface area contributed by atoms with Crippen molar-refractivity contribution >= 4 is 5.87 Å². The van der Waals surface area contributed by atoms with E-state index in [9.17, 15) is 0 Å². The normalized spacial score (nSPS) is 6.20. The topological polar surface area (TPSA) is 47.6 Å². The lowest BCUT2D eigenvalue weighted by atomic mass is 10.7. The summed E-state index contributed by atoms with van der Waals surface area (Å²) in [5.41, 5.74) is 19.9. The molecule has 0 saturated heterocycles. The molecule has 0 aromatic carbocycles. The molecule has 0 bridgehead atoms. The molecule has 0 aliphatic rings. The van der Waals surface area contributed by atoms with E-state index in [1.54, 1.807) is 0 Å². The summed E-state index contributed by atoms with van der Waals surface area (Å²) in [4.78, 5) is 3.67. The minimum atomic E-state index is 0.222. The van der Waals surface area contributed by atoms with Crippen molar-refractivity contribution in [2.75, 3.05) is 13.2 Å². The van der Waals surface area contributed by atoms with Crippen molar-refractivity contribution in [3.63, 3.8) is 0 Å². The Balaban J connectivity index is 4.59. The van der Waals surface area contributed by atoms with E-state index in [1.165, 1.54) is 0 Å². The lowest BCUT2D eigenvalue weighted by molar-refractivity contribution is 0.221. The van der Waals surface area contributed by atoms with Crippen LogP contribution in [0.5, 0.6) is 0 Å². The summed E-state index contributed by atoms with van der Waals surface area (Å²) >= 11 is 0. The first-order chi connectivity index (χ1) is 7.31. The molecule has 0 aromatic heterocycles. The van der Waals surface area contributed by atoms with Crippen LogP contribution in [0.3, 0.4) is 0 Å². The van der Waals surface area contributed by atoms with Crippen LogP contribution in [0.25, 0.3) is 0 Å². The van der Waals surface area contributed by atoms with Gasteiger partial charge in [0, 0.05) is 23.7 Å². The molecular weight excluding hydrogens is 188 g/mol. The Bertz CT molecular complexity index is 474. The molecule has 0 aliphatic carbocycles. The molecule has 0 atom stereocenters. The minimum absolute atomic E-state index is 0.222. The third-order valence-electron chi connectivity index (χ3n) is 0.961. The molecule has 0 amide bonds. The van der Waals surface area contributed by atoms with Crippen molar-refractivity contribution in [2.45, 2.75) is 0 Å². The third-order valence-corrected chi connectivity index (χ3v) is 0.961. The molecule has 0 saturated carbocycles. The number of rotatable bonds is 4. The van der Waals surface area contributed by atoms with Gasteiger partial charge in [-0.2, -0.15) is 4.99 Å². The Hall–Kier alpha value is -2.37. The van der Waals surface area contributed by atoms with Crippen LogP contribution >= 0.6 is 0 Å². The standard InChI is InChI=1S/C12H10N2O/c1-3-4-5-6-7-8-10-14-12(2)15-11-9-13/h1-2,9,11,13H2. The highest BCUT2D eigenvalue weighted by atomic mass is 16.5. The minimum Gasteiger partial charge on any atom is -0.476 e. The van der Waals surface area contributed by atoms with Gasteiger partial charge in [-0.15, -0.1) is 0 Å². The first-order valence-electron chi connectivity index (χ1n) is 4.06. The van der Waals surface area contributed by atoms with E-state index >= 15 is 0 Å². The molecule has 3 heteroatoms. The van der Waals surface area contributed by atoms with Crippen molar-refractivity contribution in [1.29, 1.82) is 0 Å². The lowest BCUT2D eigenvalue weighted by Gasteiger charge is -1.98. The third kappa shape index (κ3) is 9.54.